The molecule has 1 aliphatic heterocycles. The Balaban J connectivity index is 1.20. The number of likely N-dealkylation sites (tertiary alicyclic amines) is 1. The molecule has 4 bridgehead atoms. The molecule has 5 fully saturated rings. The van der Waals surface area contributed by atoms with Gasteiger partial charge in [-0.1, -0.05) is 12.1 Å². The van der Waals surface area contributed by atoms with Crippen molar-refractivity contribution >= 4 is 23.5 Å². The molecular formula is C24H29FN2O4. The van der Waals surface area contributed by atoms with Crippen LogP contribution in [0.3, 0.4) is 0 Å². The van der Waals surface area contributed by atoms with Crippen LogP contribution in [-0.2, 0) is 19.1 Å². The fraction of sp³-hybridized carbons (Fsp3) is 0.625. The summed E-state index contributed by atoms with van der Waals surface area (Å²) in [5, 5.41) is 2.41. The van der Waals surface area contributed by atoms with Crippen molar-refractivity contribution in [1.82, 2.24) is 4.90 Å². The lowest BCUT2D eigenvalue weighted by molar-refractivity contribution is -0.165. The number of hydrogen-bond acceptors (Lipinski definition) is 4. The third kappa shape index (κ3) is 3.83. The highest BCUT2D eigenvalue weighted by atomic mass is 19.1. The zero-order valence-corrected chi connectivity index (χ0v) is 17.6. The van der Waals surface area contributed by atoms with Gasteiger partial charge in [0, 0.05) is 6.54 Å². The van der Waals surface area contributed by atoms with Gasteiger partial charge in [0.1, 0.15) is 11.9 Å². The molecule has 1 atom stereocenters. The molecule has 2 amide bonds. The van der Waals surface area contributed by atoms with Gasteiger partial charge in [-0.05, 0) is 81.3 Å². The van der Waals surface area contributed by atoms with Crippen LogP contribution in [0, 0.1) is 29.0 Å². The SMILES string of the molecule is O=C(COC(=O)[C@@H]1CCCN1C(=O)C12CC3CC(CC(C3)C1)C2)Nc1ccccc1F. The summed E-state index contributed by atoms with van der Waals surface area (Å²) < 4.78 is 18.9. The van der Waals surface area contributed by atoms with Crippen LogP contribution in [0.5, 0.6) is 0 Å². The van der Waals surface area contributed by atoms with E-state index in [0.717, 1.165) is 25.7 Å². The normalized spacial score (nSPS) is 33.4. The van der Waals surface area contributed by atoms with Gasteiger partial charge in [-0.15, -0.1) is 0 Å². The van der Waals surface area contributed by atoms with Crippen molar-refractivity contribution in [2.45, 2.75) is 57.4 Å². The minimum atomic E-state index is -0.623. The molecule has 1 aromatic carbocycles. The summed E-state index contributed by atoms with van der Waals surface area (Å²) in [6, 6.07) is 5.20. The summed E-state index contributed by atoms with van der Waals surface area (Å²) in [4.78, 5) is 40.2. The van der Waals surface area contributed by atoms with E-state index in [1.165, 1.54) is 37.5 Å². The summed E-state index contributed by atoms with van der Waals surface area (Å²) in [5.41, 5.74) is -0.247. The predicted molar refractivity (Wildman–Crippen MR) is 111 cm³/mol. The molecule has 1 heterocycles. The Labute approximate surface area is 181 Å². The summed E-state index contributed by atoms with van der Waals surface area (Å²) in [6.07, 6.45) is 7.98. The second-order valence-corrected chi connectivity index (χ2v) is 9.99. The van der Waals surface area contributed by atoms with Gasteiger partial charge in [-0.2, -0.15) is 0 Å². The van der Waals surface area contributed by atoms with Crippen molar-refractivity contribution in [2.75, 3.05) is 18.5 Å². The Kier molecular flexibility index (Phi) is 5.22. The largest absolute Gasteiger partial charge is 0.454 e. The van der Waals surface area contributed by atoms with E-state index in [9.17, 15) is 18.8 Å². The number of halogens is 1. The molecule has 5 aliphatic rings. The Morgan fingerprint density at radius 2 is 1.71 bits per heavy atom. The standard InChI is InChI=1S/C24H29FN2O4/c25-18-4-1-2-5-19(18)26-21(28)14-31-22(29)20-6-3-7-27(20)23(30)24-11-15-8-16(12-24)10-17(9-15)13-24/h1-2,4-5,15-17,20H,3,6-14H2,(H,26,28)/t15?,16?,17?,20-,24?/m0/s1. The number of anilines is 1. The molecule has 0 unspecified atom stereocenters. The van der Waals surface area contributed by atoms with Gasteiger partial charge in [0.25, 0.3) is 5.91 Å². The molecule has 31 heavy (non-hydrogen) atoms. The lowest BCUT2D eigenvalue weighted by atomic mass is 9.49. The molecule has 0 radical (unpaired) electrons. The number of ether oxygens (including phenoxy) is 1. The number of rotatable bonds is 5. The third-order valence-corrected chi connectivity index (χ3v) is 7.77. The van der Waals surface area contributed by atoms with E-state index in [0.29, 0.717) is 30.7 Å². The van der Waals surface area contributed by atoms with Gasteiger partial charge in [-0.25, -0.2) is 9.18 Å². The van der Waals surface area contributed by atoms with Crippen LogP contribution in [0.1, 0.15) is 51.4 Å². The second kappa shape index (κ2) is 7.92. The van der Waals surface area contributed by atoms with Crippen LogP contribution < -0.4 is 5.32 Å². The van der Waals surface area contributed by atoms with Gasteiger partial charge >= 0.3 is 5.97 Å². The van der Waals surface area contributed by atoms with Crippen LogP contribution in [0.4, 0.5) is 10.1 Å². The monoisotopic (exact) mass is 428 g/mol. The molecule has 1 saturated heterocycles. The van der Waals surface area contributed by atoms with Crippen LogP contribution in [0.25, 0.3) is 0 Å². The average molecular weight is 429 g/mol. The van der Waals surface area contributed by atoms with Crippen LogP contribution >= 0.6 is 0 Å². The van der Waals surface area contributed by atoms with Gasteiger partial charge in [0.15, 0.2) is 6.61 Å². The molecular weight excluding hydrogens is 399 g/mol. The zero-order chi connectivity index (χ0) is 21.6. The molecule has 4 saturated carbocycles. The summed E-state index contributed by atoms with van der Waals surface area (Å²) >= 11 is 0. The molecule has 1 aromatic rings. The number of carbonyl (C=O) groups excluding carboxylic acids is 3. The summed E-state index contributed by atoms with van der Waals surface area (Å²) in [6.45, 7) is 0.0742. The number of nitrogens with zero attached hydrogens (tertiary/aromatic N) is 1. The van der Waals surface area contributed by atoms with Gasteiger partial charge < -0.3 is 15.0 Å². The number of nitrogens with one attached hydrogen (secondary N) is 1. The third-order valence-electron chi connectivity index (χ3n) is 7.77. The Hall–Kier alpha value is -2.44. The van der Waals surface area contributed by atoms with Gasteiger partial charge in [0.05, 0.1) is 11.1 Å². The highest BCUT2D eigenvalue weighted by Crippen LogP contribution is 2.60. The number of amides is 2. The summed E-state index contributed by atoms with van der Waals surface area (Å²) in [7, 11) is 0. The van der Waals surface area contributed by atoms with Crippen molar-refractivity contribution in [3.63, 3.8) is 0 Å². The van der Waals surface area contributed by atoms with E-state index in [1.54, 1.807) is 11.0 Å². The molecule has 7 heteroatoms. The van der Waals surface area contributed by atoms with E-state index < -0.39 is 30.3 Å². The van der Waals surface area contributed by atoms with Crippen LogP contribution in [-0.4, -0.2) is 41.9 Å². The van der Waals surface area contributed by atoms with Gasteiger partial charge in [0.2, 0.25) is 5.91 Å². The first-order valence-corrected chi connectivity index (χ1v) is 11.5. The molecule has 4 aliphatic carbocycles. The van der Waals surface area contributed by atoms with E-state index in [1.807, 2.05) is 0 Å². The molecule has 0 aromatic heterocycles. The van der Waals surface area contributed by atoms with Gasteiger partial charge in [-0.3, -0.25) is 9.59 Å². The number of esters is 1. The van der Waals surface area contributed by atoms with Crippen molar-refractivity contribution < 1.29 is 23.5 Å². The maximum absolute atomic E-state index is 13.7. The number of para-hydroxylation sites is 1. The molecule has 1 N–H and O–H groups in total. The minimum Gasteiger partial charge on any atom is -0.454 e. The smallest absolute Gasteiger partial charge is 0.329 e. The van der Waals surface area contributed by atoms with Crippen molar-refractivity contribution in [2.24, 2.45) is 23.2 Å². The Morgan fingerprint density at radius 3 is 2.35 bits per heavy atom. The average Bonchev–Trinajstić information content (AvgIpc) is 3.22. The zero-order valence-electron chi connectivity index (χ0n) is 17.6. The first-order chi connectivity index (χ1) is 14.9. The van der Waals surface area contributed by atoms with E-state index in [2.05, 4.69) is 5.32 Å². The molecule has 0 spiro atoms. The topological polar surface area (TPSA) is 75.7 Å². The fourth-order valence-electron chi connectivity index (χ4n) is 6.91. The fourth-order valence-corrected chi connectivity index (χ4v) is 6.91. The number of hydrogen-bond donors (Lipinski definition) is 1. The van der Waals surface area contributed by atoms with E-state index in [4.69, 9.17) is 4.74 Å². The maximum Gasteiger partial charge on any atom is 0.329 e. The minimum absolute atomic E-state index is 0.0445. The highest BCUT2D eigenvalue weighted by Gasteiger charge is 2.57. The first kappa shape index (κ1) is 20.5. The van der Waals surface area contributed by atoms with Crippen LogP contribution in [0.2, 0.25) is 0 Å². The lowest BCUT2D eigenvalue weighted by Crippen LogP contribution is -2.56. The first-order valence-electron chi connectivity index (χ1n) is 11.5. The lowest BCUT2D eigenvalue weighted by Gasteiger charge is -2.56. The Morgan fingerprint density at radius 1 is 1.06 bits per heavy atom. The van der Waals surface area contributed by atoms with E-state index >= 15 is 0 Å². The van der Waals surface area contributed by atoms with Crippen molar-refractivity contribution in [3.8, 4) is 0 Å². The van der Waals surface area contributed by atoms with E-state index in [-0.39, 0.29) is 17.0 Å². The molecule has 6 nitrogen and oxygen atoms in total. The van der Waals surface area contributed by atoms with Crippen molar-refractivity contribution in [1.29, 1.82) is 0 Å². The number of carbonyl (C=O) groups is 3. The van der Waals surface area contributed by atoms with Crippen LogP contribution in [0.15, 0.2) is 24.3 Å². The Bertz CT molecular complexity index is 866. The number of benzene rings is 1. The predicted octanol–water partition coefficient (Wildman–Crippen LogP) is 3.51. The van der Waals surface area contributed by atoms with Crippen molar-refractivity contribution in [3.05, 3.63) is 30.1 Å². The summed E-state index contributed by atoms with van der Waals surface area (Å²) in [5.74, 6) is 0.405. The highest BCUT2D eigenvalue weighted by molar-refractivity contribution is 5.94. The molecule has 6 rings (SSSR count). The molecule has 166 valence electrons. The maximum atomic E-state index is 13.7. The quantitative estimate of drug-likeness (QED) is 0.729. The second-order valence-electron chi connectivity index (χ2n) is 9.99.